The Labute approximate surface area is 362 Å². The summed E-state index contributed by atoms with van der Waals surface area (Å²) in [4.78, 5) is 15.6. The van der Waals surface area contributed by atoms with Crippen molar-refractivity contribution in [1.82, 2.24) is 15.0 Å². The van der Waals surface area contributed by atoms with Crippen molar-refractivity contribution >= 4 is 76.2 Å². The maximum Gasteiger partial charge on any atom is 0.136 e. The monoisotopic (exact) mass is 801 g/mol. The molecule has 4 aromatic heterocycles. The Morgan fingerprint density at radius 1 is 0.302 bits per heavy atom. The molecule has 0 saturated heterocycles. The maximum absolute atomic E-state index is 6.66. The third-order valence-electron chi connectivity index (χ3n) is 12.6. The summed E-state index contributed by atoms with van der Waals surface area (Å²) >= 11 is 0. The zero-order valence-corrected chi connectivity index (χ0v) is 34.0. The van der Waals surface area contributed by atoms with Gasteiger partial charge in [-0.25, -0.2) is 15.0 Å². The van der Waals surface area contributed by atoms with Crippen LogP contribution in [0.3, 0.4) is 0 Å². The molecule has 0 fully saturated rings. The number of rotatable bonds is 5. The zero-order chi connectivity index (χ0) is 41.4. The highest BCUT2D eigenvalue weighted by molar-refractivity contribution is 6.28. The number of hydrogen-bond acceptors (Lipinski definition) is 4. The quantitative estimate of drug-likeness (QED) is 0.163. The van der Waals surface area contributed by atoms with Crippen LogP contribution in [-0.2, 0) is 0 Å². The number of pyridine rings is 3. The van der Waals surface area contributed by atoms with E-state index >= 15 is 0 Å². The first-order valence-corrected chi connectivity index (χ1v) is 21.3. The molecule has 0 spiro atoms. The van der Waals surface area contributed by atoms with Gasteiger partial charge in [-0.05, 0) is 76.0 Å². The Morgan fingerprint density at radius 2 is 0.857 bits per heavy atom. The van der Waals surface area contributed by atoms with Crippen LogP contribution in [0.4, 0.5) is 0 Å². The van der Waals surface area contributed by atoms with E-state index in [4.69, 9.17) is 19.4 Å². The van der Waals surface area contributed by atoms with E-state index in [0.717, 1.165) is 121 Å². The molecule has 0 radical (unpaired) electrons. The molecule has 0 N–H and O–H groups in total. The molecule has 13 rings (SSSR count). The second-order valence-electron chi connectivity index (χ2n) is 16.3. The molecule has 0 unspecified atom stereocenters. The molecule has 0 aliphatic carbocycles. The first-order valence-electron chi connectivity index (χ1n) is 21.3. The number of benzene rings is 9. The fourth-order valence-electron chi connectivity index (χ4n) is 9.56. The van der Waals surface area contributed by atoms with Gasteiger partial charge in [0.05, 0.1) is 33.6 Å². The number of para-hydroxylation sites is 2. The van der Waals surface area contributed by atoms with Crippen LogP contribution < -0.4 is 0 Å². The third kappa shape index (κ3) is 5.80. The van der Waals surface area contributed by atoms with E-state index in [1.54, 1.807) is 0 Å². The minimum absolute atomic E-state index is 0.849. The molecule has 292 valence electrons. The number of furan rings is 1. The lowest BCUT2D eigenvalue weighted by molar-refractivity contribution is 0.669. The van der Waals surface area contributed by atoms with Crippen molar-refractivity contribution in [3.63, 3.8) is 0 Å². The SMILES string of the molecule is c1ccc(-c2ccc3ccc4ccc(-c5ccc6cc(-c7cccc(-c8c9c(cc%10c(-c%11ccccc%11)nc%11ccccc%11c8%10)oc8ccccc89)c7)ccc6c5)nc4c3n2)cc1. The van der Waals surface area contributed by atoms with Crippen molar-refractivity contribution in [1.29, 1.82) is 0 Å². The van der Waals surface area contributed by atoms with E-state index in [2.05, 4.69) is 188 Å². The molecule has 9 aromatic carbocycles. The number of nitrogens with zero attached hydrogens (tertiary/aromatic N) is 3. The normalized spacial score (nSPS) is 11.8. The average Bonchev–Trinajstić information content (AvgIpc) is 3.73. The topological polar surface area (TPSA) is 51.8 Å². The zero-order valence-electron chi connectivity index (χ0n) is 34.0. The molecular weight excluding hydrogens is 767 g/mol. The fourth-order valence-corrected chi connectivity index (χ4v) is 9.56. The number of aromatic nitrogens is 3. The van der Waals surface area contributed by atoms with Gasteiger partial charge in [0.2, 0.25) is 0 Å². The lowest BCUT2D eigenvalue weighted by Crippen LogP contribution is -1.93. The summed E-state index contributed by atoms with van der Waals surface area (Å²) in [6.45, 7) is 0. The molecule has 0 atom stereocenters. The van der Waals surface area contributed by atoms with Gasteiger partial charge in [-0.1, -0.05) is 164 Å². The Morgan fingerprint density at radius 3 is 1.62 bits per heavy atom. The predicted octanol–water partition coefficient (Wildman–Crippen LogP) is 15.9. The van der Waals surface area contributed by atoms with Crippen molar-refractivity contribution in [2.24, 2.45) is 0 Å². The molecule has 63 heavy (non-hydrogen) atoms. The van der Waals surface area contributed by atoms with Crippen molar-refractivity contribution in [3.8, 4) is 56.0 Å². The van der Waals surface area contributed by atoms with Gasteiger partial charge in [0.25, 0.3) is 0 Å². The van der Waals surface area contributed by atoms with Crippen molar-refractivity contribution in [2.75, 3.05) is 0 Å². The van der Waals surface area contributed by atoms with Gasteiger partial charge in [0.15, 0.2) is 0 Å². The highest BCUT2D eigenvalue weighted by atomic mass is 16.3. The van der Waals surface area contributed by atoms with Crippen LogP contribution >= 0.6 is 0 Å². The van der Waals surface area contributed by atoms with Crippen LogP contribution in [0.15, 0.2) is 217 Å². The Bertz CT molecular complexity index is 3970. The molecule has 0 saturated carbocycles. The van der Waals surface area contributed by atoms with Gasteiger partial charge in [-0.3, -0.25) is 0 Å². The summed E-state index contributed by atoms with van der Waals surface area (Å²) in [5.41, 5.74) is 15.1. The predicted molar refractivity (Wildman–Crippen MR) is 262 cm³/mol. The standard InChI is InChI=1S/C59H35N3O/c1-3-12-36(13-4-1)49-30-28-38-22-23-39-29-31-50(61-59(39)58(38)60-49)44-27-26-42-32-41(24-25-43(42)33-44)40-16-11-17-45(34-40)54-55-46-18-7-9-20-51(46)62-57(37-14-5-2-6-15-37)48(55)35-53-56(54)47-19-8-10-21-52(47)63-53/h1-35H. The second-order valence-corrected chi connectivity index (χ2v) is 16.3. The fraction of sp³-hybridized carbons (Fsp3) is 0. The first-order chi connectivity index (χ1) is 31.2. The van der Waals surface area contributed by atoms with Crippen LogP contribution in [-0.4, -0.2) is 15.0 Å². The molecule has 4 heteroatoms. The lowest BCUT2D eigenvalue weighted by atomic mass is 9.88. The molecule has 0 bridgehead atoms. The highest BCUT2D eigenvalue weighted by Crippen LogP contribution is 2.47. The van der Waals surface area contributed by atoms with Gasteiger partial charge in [-0.15, -0.1) is 0 Å². The van der Waals surface area contributed by atoms with E-state index in [1.165, 1.54) is 10.8 Å². The van der Waals surface area contributed by atoms with Crippen LogP contribution in [0.1, 0.15) is 0 Å². The molecule has 4 heterocycles. The molecule has 0 aliphatic rings. The van der Waals surface area contributed by atoms with Crippen LogP contribution in [0, 0.1) is 0 Å². The third-order valence-corrected chi connectivity index (χ3v) is 12.6. The second kappa shape index (κ2) is 14.1. The molecule has 0 amide bonds. The van der Waals surface area contributed by atoms with Gasteiger partial charge < -0.3 is 4.42 Å². The highest BCUT2D eigenvalue weighted by Gasteiger charge is 2.22. The molecular formula is C59H35N3O. The lowest BCUT2D eigenvalue weighted by Gasteiger charge is -2.16. The van der Waals surface area contributed by atoms with Gasteiger partial charge in [-0.2, -0.15) is 0 Å². The summed E-state index contributed by atoms with van der Waals surface area (Å²) in [6, 6.07) is 75.1. The summed E-state index contributed by atoms with van der Waals surface area (Å²) in [5, 5.41) is 10.0. The number of hydrogen-bond donors (Lipinski definition) is 0. The Balaban J connectivity index is 0.942. The Hall–Kier alpha value is -8.47. The van der Waals surface area contributed by atoms with Gasteiger partial charge in [0.1, 0.15) is 11.2 Å². The van der Waals surface area contributed by atoms with E-state index in [9.17, 15) is 0 Å². The van der Waals surface area contributed by atoms with E-state index < -0.39 is 0 Å². The molecule has 4 nitrogen and oxygen atoms in total. The first kappa shape index (κ1) is 35.3. The largest absolute Gasteiger partial charge is 0.456 e. The van der Waals surface area contributed by atoms with Crippen LogP contribution in [0.5, 0.6) is 0 Å². The minimum Gasteiger partial charge on any atom is -0.456 e. The minimum atomic E-state index is 0.849. The summed E-state index contributed by atoms with van der Waals surface area (Å²) < 4.78 is 6.66. The van der Waals surface area contributed by atoms with Gasteiger partial charge >= 0.3 is 0 Å². The maximum atomic E-state index is 6.66. The summed E-state index contributed by atoms with van der Waals surface area (Å²) in [7, 11) is 0. The number of fused-ring (bicyclic) bond motifs is 10. The average molecular weight is 802 g/mol. The smallest absolute Gasteiger partial charge is 0.136 e. The van der Waals surface area contributed by atoms with Crippen LogP contribution in [0.25, 0.3) is 132 Å². The van der Waals surface area contributed by atoms with E-state index in [1.807, 2.05) is 24.3 Å². The van der Waals surface area contributed by atoms with Crippen molar-refractivity contribution in [3.05, 3.63) is 212 Å². The van der Waals surface area contributed by atoms with Crippen LogP contribution in [0.2, 0.25) is 0 Å². The van der Waals surface area contributed by atoms with Crippen molar-refractivity contribution < 1.29 is 4.42 Å². The molecule has 0 aliphatic heterocycles. The summed E-state index contributed by atoms with van der Waals surface area (Å²) in [5.74, 6) is 0. The van der Waals surface area contributed by atoms with E-state index in [-0.39, 0.29) is 0 Å². The van der Waals surface area contributed by atoms with Gasteiger partial charge in [0, 0.05) is 60.0 Å². The Kier molecular flexibility index (Phi) is 7.87. The molecule has 13 aromatic rings. The summed E-state index contributed by atoms with van der Waals surface area (Å²) in [6.07, 6.45) is 0. The van der Waals surface area contributed by atoms with E-state index in [0.29, 0.717) is 0 Å². The van der Waals surface area contributed by atoms with Crippen molar-refractivity contribution in [2.45, 2.75) is 0 Å².